The van der Waals surface area contributed by atoms with Crippen molar-refractivity contribution in [1.82, 2.24) is 9.21 Å². The summed E-state index contributed by atoms with van der Waals surface area (Å²) < 4.78 is 40.3. The second kappa shape index (κ2) is 7.91. The van der Waals surface area contributed by atoms with E-state index in [0.29, 0.717) is 43.1 Å². The Morgan fingerprint density at radius 1 is 1.03 bits per heavy atom. The molecule has 0 bridgehead atoms. The summed E-state index contributed by atoms with van der Waals surface area (Å²) >= 11 is 7.92. The molecular weight excluding hydrogens is 435 g/mol. The minimum Gasteiger partial charge on any atom is -0.323 e. The molecule has 2 aliphatic heterocycles. The number of carbonyl (C=O) groups is 1. The van der Waals surface area contributed by atoms with Gasteiger partial charge in [-0.25, -0.2) is 12.8 Å². The van der Waals surface area contributed by atoms with E-state index in [2.05, 4.69) is 0 Å². The van der Waals surface area contributed by atoms with Gasteiger partial charge in [-0.15, -0.1) is 11.8 Å². The van der Waals surface area contributed by atoms with E-state index in [1.54, 1.807) is 36.0 Å². The Balaban J connectivity index is 1.52. The molecule has 0 radical (unpaired) electrons. The Labute approximate surface area is 178 Å². The fraction of sp³-hybridized carbons (Fsp3) is 0.350. The lowest BCUT2D eigenvalue weighted by molar-refractivity contribution is 0.0605. The van der Waals surface area contributed by atoms with Gasteiger partial charge >= 0.3 is 0 Å². The Bertz CT molecular complexity index is 1020. The molecule has 0 aliphatic carbocycles. The highest BCUT2D eigenvalue weighted by Crippen LogP contribution is 2.45. The Morgan fingerprint density at radius 2 is 1.69 bits per heavy atom. The summed E-state index contributed by atoms with van der Waals surface area (Å²) in [5, 5.41) is 0.417. The third kappa shape index (κ3) is 3.79. The zero-order valence-corrected chi connectivity index (χ0v) is 17.9. The quantitative estimate of drug-likeness (QED) is 0.706. The smallest absolute Gasteiger partial charge is 0.256 e. The van der Waals surface area contributed by atoms with Gasteiger partial charge in [-0.3, -0.25) is 4.79 Å². The van der Waals surface area contributed by atoms with Gasteiger partial charge in [-0.2, -0.15) is 4.31 Å². The maximum atomic E-state index is 13.1. The van der Waals surface area contributed by atoms with Gasteiger partial charge in [0.2, 0.25) is 10.0 Å². The highest BCUT2D eigenvalue weighted by molar-refractivity contribution is 8.00. The van der Waals surface area contributed by atoms with Crippen molar-refractivity contribution in [2.75, 3.05) is 25.4 Å². The number of thioether (sulfide) groups is 1. The predicted molar refractivity (Wildman–Crippen MR) is 112 cm³/mol. The summed E-state index contributed by atoms with van der Waals surface area (Å²) in [6.45, 7) is 1.22. The van der Waals surface area contributed by atoms with Crippen LogP contribution in [0, 0.1) is 5.82 Å². The van der Waals surface area contributed by atoms with Crippen molar-refractivity contribution in [2.45, 2.75) is 22.6 Å². The fourth-order valence-corrected chi connectivity index (χ4v) is 7.03. The summed E-state index contributed by atoms with van der Waals surface area (Å²) in [5.41, 5.74) is 0.470. The summed E-state index contributed by atoms with van der Waals surface area (Å²) in [5.74, 6) is 0.217. The minimum atomic E-state index is -3.69. The predicted octanol–water partition coefficient (Wildman–Crippen LogP) is 3.85. The number of rotatable bonds is 3. The van der Waals surface area contributed by atoms with E-state index in [1.165, 1.54) is 16.4 Å². The molecule has 2 heterocycles. The molecule has 0 aromatic heterocycles. The lowest BCUT2D eigenvalue weighted by atomic mass is 10.0. The number of halogens is 2. The van der Waals surface area contributed by atoms with Gasteiger partial charge in [0, 0.05) is 25.4 Å². The Hall–Kier alpha value is -1.61. The molecule has 2 aromatic rings. The minimum absolute atomic E-state index is 0.0814. The van der Waals surface area contributed by atoms with Crippen LogP contribution < -0.4 is 0 Å². The maximum Gasteiger partial charge on any atom is 0.256 e. The number of nitrogens with zero attached hydrogens (tertiary/aromatic N) is 2. The third-order valence-electron chi connectivity index (χ3n) is 5.48. The van der Waals surface area contributed by atoms with E-state index in [-0.39, 0.29) is 10.8 Å². The fourth-order valence-electron chi connectivity index (χ4n) is 3.92. The van der Waals surface area contributed by atoms with E-state index >= 15 is 0 Å². The SMILES string of the molecule is O=C(c1ccccc1Cl)N1CCSC12CCN(S(=O)(=O)c1ccc(F)cc1)CC2. The molecule has 0 atom stereocenters. The maximum absolute atomic E-state index is 13.1. The molecule has 1 amide bonds. The first-order valence-electron chi connectivity index (χ1n) is 9.30. The normalized spacial score (nSPS) is 19.6. The highest BCUT2D eigenvalue weighted by Gasteiger charge is 2.48. The average molecular weight is 455 g/mol. The van der Waals surface area contributed by atoms with Crippen LogP contribution >= 0.6 is 23.4 Å². The molecule has 1 spiro atoms. The Morgan fingerprint density at radius 3 is 2.34 bits per heavy atom. The molecule has 0 unspecified atom stereocenters. The van der Waals surface area contributed by atoms with E-state index in [1.807, 2.05) is 4.90 Å². The van der Waals surface area contributed by atoms with Gasteiger partial charge in [0.05, 0.1) is 20.4 Å². The number of hydrogen-bond acceptors (Lipinski definition) is 4. The van der Waals surface area contributed by atoms with Gasteiger partial charge < -0.3 is 4.90 Å². The molecule has 9 heteroatoms. The largest absolute Gasteiger partial charge is 0.323 e. The van der Waals surface area contributed by atoms with Gasteiger partial charge in [0.15, 0.2) is 0 Å². The molecule has 0 N–H and O–H groups in total. The van der Waals surface area contributed by atoms with Crippen molar-refractivity contribution in [3.8, 4) is 0 Å². The van der Waals surface area contributed by atoms with Crippen LogP contribution in [-0.4, -0.2) is 53.8 Å². The average Bonchev–Trinajstić information content (AvgIpc) is 3.11. The van der Waals surface area contributed by atoms with Crippen LogP contribution in [0.3, 0.4) is 0 Å². The van der Waals surface area contributed by atoms with Crippen LogP contribution in [0.5, 0.6) is 0 Å². The first-order valence-corrected chi connectivity index (χ1v) is 12.1. The number of benzene rings is 2. The van der Waals surface area contributed by atoms with Crippen LogP contribution in [0.2, 0.25) is 5.02 Å². The van der Waals surface area contributed by atoms with Gasteiger partial charge in [-0.1, -0.05) is 23.7 Å². The first-order chi connectivity index (χ1) is 13.8. The monoisotopic (exact) mass is 454 g/mol. The molecular formula is C20H20ClFN2O3S2. The first kappa shape index (κ1) is 20.7. The third-order valence-corrected chi connectivity index (χ3v) is 9.28. The molecule has 29 heavy (non-hydrogen) atoms. The van der Waals surface area contributed by atoms with Crippen LogP contribution in [0.1, 0.15) is 23.2 Å². The molecule has 154 valence electrons. The van der Waals surface area contributed by atoms with E-state index in [9.17, 15) is 17.6 Å². The number of carbonyl (C=O) groups excluding carboxylic acids is 1. The second-order valence-corrected chi connectivity index (χ2v) is 10.9. The van der Waals surface area contributed by atoms with Gasteiger partial charge in [-0.05, 0) is 49.2 Å². The standard InChI is InChI=1S/C20H20ClFN2O3S2/c21-18-4-2-1-3-17(18)19(25)24-13-14-28-20(24)9-11-23(12-10-20)29(26,27)16-7-5-15(22)6-8-16/h1-8H,9-14H2. The van der Waals surface area contributed by atoms with Gasteiger partial charge in [0.25, 0.3) is 5.91 Å². The molecule has 2 saturated heterocycles. The highest BCUT2D eigenvalue weighted by atomic mass is 35.5. The Kier molecular flexibility index (Phi) is 5.63. The van der Waals surface area contributed by atoms with Crippen LogP contribution in [-0.2, 0) is 10.0 Å². The molecule has 2 aromatic carbocycles. The van der Waals surface area contributed by atoms with Crippen molar-refractivity contribution in [1.29, 1.82) is 0 Å². The van der Waals surface area contributed by atoms with Crippen molar-refractivity contribution in [3.63, 3.8) is 0 Å². The summed E-state index contributed by atoms with van der Waals surface area (Å²) in [4.78, 5) is 14.6. The topological polar surface area (TPSA) is 57.7 Å². The van der Waals surface area contributed by atoms with E-state index in [0.717, 1.165) is 17.9 Å². The van der Waals surface area contributed by atoms with Crippen LogP contribution in [0.15, 0.2) is 53.4 Å². The summed E-state index contributed by atoms with van der Waals surface area (Å²) in [7, 11) is -3.69. The second-order valence-electron chi connectivity index (χ2n) is 7.09. The molecule has 0 saturated carbocycles. The zero-order valence-electron chi connectivity index (χ0n) is 15.6. The molecule has 2 fully saturated rings. The lowest BCUT2D eigenvalue weighted by Gasteiger charge is -2.43. The molecule has 4 rings (SSSR count). The van der Waals surface area contributed by atoms with Gasteiger partial charge in [0.1, 0.15) is 5.82 Å². The zero-order chi connectivity index (χ0) is 20.6. The van der Waals surface area contributed by atoms with E-state index < -0.39 is 20.7 Å². The van der Waals surface area contributed by atoms with E-state index in [4.69, 9.17) is 11.6 Å². The summed E-state index contributed by atoms with van der Waals surface area (Å²) in [6.07, 6.45) is 1.07. The number of sulfonamides is 1. The van der Waals surface area contributed by atoms with Crippen LogP contribution in [0.4, 0.5) is 4.39 Å². The van der Waals surface area contributed by atoms with Crippen molar-refractivity contribution >= 4 is 39.3 Å². The summed E-state index contributed by atoms with van der Waals surface area (Å²) in [6, 6.07) is 11.8. The van der Waals surface area contributed by atoms with Crippen molar-refractivity contribution < 1.29 is 17.6 Å². The lowest BCUT2D eigenvalue weighted by Crippen LogP contribution is -2.53. The van der Waals surface area contributed by atoms with Crippen molar-refractivity contribution in [3.05, 3.63) is 64.9 Å². The molecule has 5 nitrogen and oxygen atoms in total. The van der Waals surface area contributed by atoms with Crippen molar-refractivity contribution in [2.24, 2.45) is 0 Å². The number of piperidine rings is 1. The van der Waals surface area contributed by atoms with Crippen LogP contribution in [0.25, 0.3) is 0 Å². The molecule has 2 aliphatic rings. The number of amides is 1. The number of hydrogen-bond donors (Lipinski definition) is 0.